The molecule has 4 nitrogen and oxygen atoms in total. The van der Waals surface area contributed by atoms with Gasteiger partial charge in [0.25, 0.3) is 0 Å². The van der Waals surface area contributed by atoms with E-state index >= 15 is 0 Å². The van der Waals surface area contributed by atoms with Crippen LogP contribution in [0.3, 0.4) is 0 Å². The molecule has 0 rings (SSSR count). The third kappa shape index (κ3) is 52.9. The minimum Gasteiger partial charge on any atom is -0.726 e. The molecule has 0 saturated heterocycles. The first kappa shape index (κ1) is 47.8. The minimum atomic E-state index is -4.49. The maximum Gasteiger partial charge on any atom is 1.00 e. The fraction of sp³-hybridized carbons (Fsp3) is 0.969. The normalized spacial score (nSPS) is 10.9. The van der Waals surface area contributed by atoms with Crippen molar-refractivity contribution in [3.05, 3.63) is 6.92 Å². The molecule has 0 heterocycles. The first-order chi connectivity index (χ1) is 18.0. The van der Waals surface area contributed by atoms with Gasteiger partial charge in [-0.1, -0.05) is 181 Å². The van der Waals surface area contributed by atoms with E-state index in [1.54, 1.807) is 0 Å². The van der Waals surface area contributed by atoms with Gasteiger partial charge in [-0.25, -0.2) is 8.42 Å². The summed E-state index contributed by atoms with van der Waals surface area (Å²) >= 11 is 0. The molecule has 39 heavy (non-hydrogen) atoms. The topological polar surface area (TPSA) is 66.4 Å². The SMILES string of the molecule is CCCCCCCCCCCCCCCCCCOS(=O)(=O)[O-].[CH2-]CCCCCCCCCCCCC.[Na+].[Na+]. The summed E-state index contributed by atoms with van der Waals surface area (Å²) in [7, 11) is -4.49. The van der Waals surface area contributed by atoms with Gasteiger partial charge < -0.3 is 11.5 Å². The van der Waals surface area contributed by atoms with Crippen molar-refractivity contribution in [3.63, 3.8) is 0 Å². The van der Waals surface area contributed by atoms with Gasteiger partial charge in [-0.3, -0.25) is 4.18 Å². The van der Waals surface area contributed by atoms with Crippen molar-refractivity contribution in [1.82, 2.24) is 0 Å². The Balaban J connectivity index is -0.000000332. The van der Waals surface area contributed by atoms with Crippen molar-refractivity contribution < 1.29 is 76.3 Å². The van der Waals surface area contributed by atoms with E-state index in [-0.39, 0.29) is 65.7 Å². The molecule has 0 aliphatic carbocycles. The van der Waals surface area contributed by atoms with Crippen LogP contribution >= 0.6 is 0 Å². The number of hydrogen-bond acceptors (Lipinski definition) is 4. The molecular formula is C32H66Na2O4S. The second-order valence-corrected chi connectivity index (χ2v) is 12.0. The van der Waals surface area contributed by atoms with Crippen molar-refractivity contribution in [2.24, 2.45) is 0 Å². The van der Waals surface area contributed by atoms with E-state index in [2.05, 4.69) is 25.0 Å². The van der Waals surface area contributed by atoms with E-state index in [9.17, 15) is 13.0 Å². The second kappa shape index (κ2) is 42.0. The molecule has 0 aromatic heterocycles. The Hall–Kier alpha value is 1.87. The molecule has 0 spiro atoms. The van der Waals surface area contributed by atoms with Crippen LogP contribution in [0.1, 0.15) is 194 Å². The van der Waals surface area contributed by atoms with Crippen LogP contribution in [-0.2, 0) is 14.6 Å². The van der Waals surface area contributed by atoms with E-state index in [1.807, 2.05) is 0 Å². The number of rotatable bonds is 29. The Labute approximate surface area is 291 Å². The zero-order valence-corrected chi connectivity index (χ0v) is 32.1. The smallest absolute Gasteiger partial charge is 0.726 e. The minimum absolute atomic E-state index is 0. The number of unbranched alkanes of at least 4 members (excludes halogenated alkanes) is 26. The van der Waals surface area contributed by atoms with Gasteiger partial charge in [0.05, 0.1) is 6.61 Å². The predicted molar refractivity (Wildman–Crippen MR) is 162 cm³/mol. The summed E-state index contributed by atoms with van der Waals surface area (Å²) in [6, 6.07) is 0. The zero-order valence-electron chi connectivity index (χ0n) is 27.3. The van der Waals surface area contributed by atoms with E-state index in [4.69, 9.17) is 0 Å². The van der Waals surface area contributed by atoms with Gasteiger partial charge in [-0.15, -0.1) is 0 Å². The van der Waals surface area contributed by atoms with Crippen molar-refractivity contribution in [3.8, 4) is 0 Å². The predicted octanol–water partition coefficient (Wildman–Crippen LogP) is 5.25. The molecule has 0 aromatic rings. The standard InChI is InChI=1S/C18H38O4S.C14H29.2Na/c1-2-3-4-5-6-7-8-9-10-11-12-13-14-15-16-17-18-22-23(19,20)21;1-3-5-7-9-11-13-14-12-10-8-6-4-2;;/h2-18H2,1H3,(H,19,20,21);1,3-14H2,2H3;;/q;-1;2*+1/p-1. The Morgan fingerprint density at radius 2 is 0.692 bits per heavy atom. The summed E-state index contributed by atoms with van der Waals surface area (Å²) in [5.41, 5.74) is 0. The maximum atomic E-state index is 10.2. The van der Waals surface area contributed by atoms with Crippen molar-refractivity contribution in [1.29, 1.82) is 0 Å². The van der Waals surface area contributed by atoms with Gasteiger partial charge in [0.15, 0.2) is 0 Å². The Morgan fingerprint density at radius 1 is 0.462 bits per heavy atom. The average molecular weight is 593 g/mol. The summed E-state index contributed by atoms with van der Waals surface area (Å²) in [6.45, 7) is 8.43. The van der Waals surface area contributed by atoms with Crippen LogP contribution in [-0.4, -0.2) is 19.6 Å². The first-order valence-corrected chi connectivity index (χ1v) is 17.7. The summed E-state index contributed by atoms with van der Waals surface area (Å²) in [5.74, 6) is 0. The summed E-state index contributed by atoms with van der Waals surface area (Å²) in [6.07, 6.45) is 37.2. The van der Waals surface area contributed by atoms with Crippen molar-refractivity contribution >= 4 is 10.4 Å². The fourth-order valence-electron chi connectivity index (χ4n) is 4.65. The molecule has 0 radical (unpaired) electrons. The van der Waals surface area contributed by atoms with Crippen LogP contribution in [0.4, 0.5) is 0 Å². The zero-order chi connectivity index (χ0) is 27.7. The molecule has 0 aliphatic heterocycles. The number of hydrogen-bond donors (Lipinski definition) is 0. The third-order valence-corrected chi connectivity index (χ3v) is 7.53. The van der Waals surface area contributed by atoms with Gasteiger partial charge in [0, 0.05) is 0 Å². The van der Waals surface area contributed by atoms with Crippen LogP contribution in [0, 0.1) is 6.92 Å². The first-order valence-electron chi connectivity index (χ1n) is 16.4. The van der Waals surface area contributed by atoms with E-state index in [0.29, 0.717) is 6.42 Å². The molecule has 0 aliphatic rings. The largest absolute Gasteiger partial charge is 1.00 e. The van der Waals surface area contributed by atoms with Gasteiger partial charge in [-0.05, 0) is 6.42 Å². The average Bonchev–Trinajstić information content (AvgIpc) is 2.87. The molecular weight excluding hydrogens is 526 g/mol. The second-order valence-electron chi connectivity index (χ2n) is 10.9. The third-order valence-electron chi connectivity index (χ3n) is 7.08. The van der Waals surface area contributed by atoms with Crippen LogP contribution in [0.15, 0.2) is 0 Å². The van der Waals surface area contributed by atoms with E-state index < -0.39 is 10.4 Å². The van der Waals surface area contributed by atoms with Crippen LogP contribution in [0.2, 0.25) is 0 Å². The molecule has 0 N–H and O–H groups in total. The van der Waals surface area contributed by atoms with Gasteiger partial charge >= 0.3 is 59.1 Å². The molecule has 226 valence electrons. The van der Waals surface area contributed by atoms with Gasteiger partial charge in [0.2, 0.25) is 10.4 Å². The van der Waals surface area contributed by atoms with Crippen molar-refractivity contribution in [2.75, 3.05) is 6.61 Å². The van der Waals surface area contributed by atoms with Crippen molar-refractivity contribution in [2.45, 2.75) is 194 Å². The molecule has 7 heteroatoms. The molecule has 0 amide bonds. The van der Waals surface area contributed by atoms with E-state index in [0.717, 1.165) is 19.3 Å². The molecule has 0 saturated carbocycles. The summed E-state index contributed by atoms with van der Waals surface area (Å²) in [5, 5.41) is 0. The van der Waals surface area contributed by atoms with E-state index in [1.165, 1.54) is 154 Å². The molecule has 0 bridgehead atoms. The maximum absolute atomic E-state index is 10.2. The van der Waals surface area contributed by atoms with Crippen LogP contribution < -0.4 is 59.1 Å². The Bertz CT molecular complexity index is 492. The molecule has 0 atom stereocenters. The van der Waals surface area contributed by atoms with Gasteiger partial charge in [-0.2, -0.15) is 6.42 Å². The molecule has 0 aromatic carbocycles. The molecule has 0 unspecified atom stereocenters. The monoisotopic (exact) mass is 592 g/mol. The van der Waals surface area contributed by atoms with Crippen LogP contribution in [0.5, 0.6) is 0 Å². The Morgan fingerprint density at radius 3 is 0.923 bits per heavy atom. The summed E-state index contributed by atoms with van der Waals surface area (Å²) in [4.78, 5) is 0. The fourth-order valence-corrected chi connectivity index (χ4v) is 4.97. The molecule has 0 fully saturated rings. The quantitative estimate of drug-likeness (QED) is 0.0391. The van der Waals surface area contributed by atoms with Gasteiger partial charge in [0.1, 0.15) is 0 Å². The summed E-state index contributed by atoms with van der Waals surface area (Å²) < 4.78 is 34.8. The Kier molecular flexibility index (Phi) is 51.5. The van der Waals surface area contributed by atoms with Crippen LogP contribution in [0.25, 0.3) is 0 Å².